The molecule has 0 unspecified atom stereocenters. The third-order valence-electron chi connectivity index (χ3n) is 6.97. The Labute approximate surface area is 221 Å². The first-order valence-corrected chi connectivity index (χ1v) is 14.3. The van der Waals surface area contributed by atoms with Crippen molar-refractivity contribution in [1.82, 2.24) is 19.7 Å². The monoisotopic (exact) mass is 548 g/mol. The van der Waals surface area contributed by atoms with E-state index in [2.05, 4.69) is 10.00 Å². The van der Waals surface area contributed by atoms with Crippen molar-refractivity contribution in [3.63, 3.8) is 0 Å². The molecule has 3 aromatic rings. The van der Waals surface area contributed by atoms with E-state index < -0.39 is 20.4 Å². The number of hydrogen-bond donors (Lipinski definition) is 1. The Morgan fingerprint density at radius 2 is 1.97 bits per heavy atom. The van der Waals surface area contributed by atoms with Gasteiger partial charge >= 0.3 is 0 Å². The van der Waals surface area contributed by atoms with Crippen LogP contribution in [0.3, 0.4) is 0 Å². The van der Waals surface area contributed by atoms with E-state index in [1.807, 2.05) is 6.07 Å². The van der Waals surface area contributed by atoms with Gasteiger partial charge in [-0.2, -0.15) is 5.10 Å². The average Bonchev–Trinajstić information content (AvgIpc) is 3.30. The average molecular weight is 549 g/mol. The summed E-state index contributed by atoms with van der Waals surface area (Å²) >= 11 is 0. The lowest BCUT2D eigenvalue weighted by Crippen LogP contribution is -2.45. The summed E-state index contributed by atoms with van der Waals surface area (Å²) in [5.74, 6) is 0.0756. The summed E-state index contributed by atoms with van der Waals surface area (Å²) in [7, 11) is -3.59. The number of benzene rings is 2. The number of fused-ring (bicyclic) bond motifs is 1. The molecule has 0 radical (unpaired) electrons. The van der Waals surface area contributed by atoms with Gasteiger partial charge < -0.3 is 9.47 Å². The zero-order valence-electron chi connectivity index (χ0n) is 21.5. The smallest absolute Gasteiger partial charge is 0.233 e. The maximum absolute atomic E-state index is 15.0. The summed E-state index contributed by atoms with van der Waals surface area (Å²) in [6.45, 7) is 5.77. The Hall–Kier alpha value is -3.06. The highest BCUT2D eigenvalue weighted by Gasteiger charge is 2.37. The normalized spacial score (nSPS) is 16.3. The van der Waals surface area contributed by atoms with Gasteiger partial charge in [0.25, 0.3) is 0 Å². The molecule has 1 fully saturated rings. The fourth-order valence-corrected chi connectivity index (χ4v) is 5.24. The van der Waals surface area contributed by atoms with Crippen LogP contribution >= 0.6 is 0 Å². The predicted molar refractivity (Wildman–Crippen MR) is 140 cm³/mol. The van der Waals surface area contributed by atoms with Gasteiger partial charge in [0.05, 0.1) is 30.0 Å². The molecule has 0 bridgehead atoms. The Bertz CT molecular complexity index is 1380. The molecule has 12 heteroatoms. The lowest BCUT2D eigenvalue weighted by atomic mass is 10.0. The minimum absolute atomic E-state index is 0.124. The highest BCUT2D eigenvalue weighted by molar-refractivity contribution is 7.92. The van der Waals surface area contributed by atoms with Crippen LogP contribution in [0.1, 0.15) is 13.3 Å². The van der Waals surface area contributed by atoms with E-state index in [0.717, 1.165) is 44.5 Å². The maximum Gasteiger partial charge on any atom is 0.233 e. The second-order valence-corrected chi connectivity index (χ2v) is 12.3. The highest BCUT2D eigenvalue weighted by Crippen LogP contribution is 2.29. The fourth-order valence-electron chi connectivity index (χ4n) is 4.41. The maximum atomic E-state index is 15.0. The molecule has 4 rings (SSSR count). The molecule has 1 aromatic heterocycles. The molecule has 38 heavy (non-hydrogen) atoms. The number of hydrogen-bond acceptors (Lipinski definition) is 8. The summed E-state index contributed by atoms with van der Waals surface area (Å²) in [5.41, 5.74) is 1.79. The van der Waals surface area contributed by atoms with Gasteiger partial charge in [-0.3, -0.25) is 19.6 Å². The van der Waals surface area contributed by atoms with E-state index in [1.165, 1.54) is 13.0 Å². The molecule has 2 heterocycles. The summed E-state index contributed by atoms with van der Waals surface area (Å²) in [6.07, 6.45) is 3.14. The Balaban J connectivity index is 1.43. The number of carbonyl (C=O) groups excluding carboxylic acids is 1. The van der Waals surface area contributed by atoms with Crippen molar-refractivity contribution in [3.05, 3.63) is 48.4 Å². The van der Waals surface area contributed by atoms with Crippen molar-refractivity contribution >= 4 is 27.2 Å². The van der Waals surface area contributed by atoms with Crippen LogP contribution < -0.4 is 4.74 Å². The first-order chi connectivity index (χ1) is 18.1. The van der Waals surface area contributed by atoms with Crippen molar-refractivity contribution in [2.75, 3.05) is 52.3 Å². The topological polar surface area (TPSA) is 114 Å². The van der Waals surface area contributed by atoms with Crippen molar-refractivity contribution < 1.29 is 32.3 Å². The lowest BCUT2D eigenvalue weighted by Gasteiger charge is -2.29. The number of aromatic nitrogens is 2. The first-order valence-electron chi connectivity index (χ1n) is 12.4. The molecular formula is C26H33FN4O6S. The van der Waals surface area contributed by atoms with E-state index in [1.54, 1.807) is 35.1 Å². The molecule has 206 valence electrons. The number of carbonyl (C=O) groups is 1. The van der Waals surface area contributed by atoms with Crippen molar-refractivity contribution in [2.45, 2.75) is 24.6 Å². The number of ether oxygens (including phenoxy) is 2. The van der Waals surface area contributed by atoms with E-state index in [9.17, 15) is 22.8 Å². The van der Waals surface area contributed by atoms with E-state index in [-0.39, 0.29) is 25.9 Å². The zero-order chi connectivity index (χ0) is 27.3. The van der Waals surface area contributed by atoms with Gasteiger partial charge in [0, 0.05) is 55.6 Å². The third-order valence-corrected chi connectivity index (χ3v) is 9.09. The van der Waals surface area contributed by atoms with E-state index >= 15 is 0 Å². The van der Waals surface area contributed by atoms with Gasteiger partial charge in [0.15, 0.2) is 9.84 Å². The van der Waals surface area contributed by atoms with Gasteiger partial charge in [-0.05, 0) is 43.2 Å². The van der Waals surface area contributed by atoms with Crippen LogP contribution in [0.15, 0.2) is 42.6 Å². The van der Waals surface area contributed by atoms with Gasteiger partial charge in [-0.25, -0.2) is 17.9 Å². The van der Waals surface area contributed by atoms with Crippen LogP contribution in [0, 0.1) is 5.82 Å². The molecular weight excluding hydrogens is 515 g/mol. The minimum atomic E-state index is -3.59. The summed E-state index contributed by atoms with van der Waals surface area (Å²) in [4.78, 5) is 13.1. The number of sulfone groups is 1. The van der Waals surface area contributed by atoms with Gasteiger partial charge in [-0.1, -0.05) is 6.07 Å². The molecule has 10 nitrogen and oxygen atoms in total. The van der Waals surface area contributed by atoms with Crippen LogP contribution in [-0.2, 0) is 25.9 Å². The zero-order valence-corrected chi connectivity index (χ0v) is 22.4. The molecule has 1 atom stereocenters. The van der Waals surface area contributed by atoms with E-state index in [0.29, 0.717) is 34.1 Å². The number of hydroxylamine groups is 2. The third kappa shape index (κ3) is 6.68. The van der Waals surface area contributed by atoms with Crippen LogP contribution in [-0.4, -0.2) is 96.8 Å². The molecule has 2 aromatic carbocycles. The largest absolute Gasteiger partial charge is 0.492 e. The number of aryl methyl sites for hydroxylation is 1. The van der Waals surface area contributed by atoms with Crippen molar-refractivity contribution in [1.29, 1.82) is 0 Å². The standard InChI is InChI=1S/C26H33FN4O6S/c1-26(38(2,34)35,18-31(33)19-32)7-8-30-17-21-15-20(3-6-25(21)28-30)23-5-4-22(16-24(23)27)37-14-11-29-9-12-36-13-10-29/h3-6,15-17,19,33H,7-14,18H2,1-2H3/t26-/m0/s1. The summed E-state index contributed by atoms with van der Waals surface area (Å²) in [6, 6.07) is 10.2. The fraction of sp³-hybridized carbons (Fsp3) is 0.462. The number of rotatable bonds is 12. The Kier molecular flexibility index (Phi) is 8.66. The van der Waals surface area contributed by atoms with Gasteiger partial charge in [0.1, 0.15) is 18.2 Å². The number of amides is 1. The quantitative estimate of drug-likeness (QED) is 0.209. The Morgan fingerprint density at radius 1 is 1.21 bits per heavy atom. The molecule has 0 saturated carbocycles. The number of halogens is 1. The van der Waals surface area contributed by atoms with E-state index in [4.69, 9.17) is 9.47 Å². The number of morpholine rings is 1. The van der Waals surface area contributed by atoms with Gasteiger partial charge in [-0.15, -0.1) is 0 Å². The molecule has 1 N–H and O–H groups in total. The lowest BCUT2D eigenvalue weighted by molar-refractivity contribution is -0.151. The molecule has 1 aliphatic rings. The SMILES string of the molecule is C[C@](CCn1cc2cc(-c3ccc(OCCN4CCOCC4)cc3F)ccc2n1)(CN(O)C=O)S(C)(=O)=O. The van der Waals surface area contributed by atoms with Crippen molar-refractivity contribution in [2.24, 2.45) is 0 Å². The predicted octanol–water partition coefficient (Wildman–Crippen LogP) is 2.59. The molecule has 1 amide bonds. The molecule has 1 aliphatic heterocycles. The second kappa shape index (κ2) is 11.8. The minimum Gasteiger partial charge on any atom is -0.492 e. The number of nitrogens with zero attached hydrogens (tertiary/aromatic N) is 4. The Morgan fingerprint density at radius 3 is 2.66 bits per heavy atom. The van der Waals surface area contributed by atoms with Crippen LogP contribution in [0.25, 0.3) is 22.0 Å². The molecule has 0 aliphatic carbocycles. The van der Waals surface area contributed by atoms with Crippen LogP contribution in [0.5, 0.6) is 5.75 Å². The summed E-state index contributed by atoms with van der Waals surface area (Å²) in [5, 5.41) is 15.2. The molecule has 0 spiro atoms. The van der Waals surface area contributed by atoms with Crippen molar-refractivity contribution in [3.8, 4) is 16.9 Å². The first kappa shape index (κ1) is 28.0. The second-order valence-electron chi connectivity index (χ2n) is 9.78. The van der Waals surface area contributed by atoms with Crippen LogP contribution in [0.2, 0.25) is 0 Å². The van der Waals surface area contributed by atoms with Crippen LogP contribution in [0.4, 0.5) is 4.39 Å². The molecule has 1 saturated heterocycles. The summed E-state index contributed by atoms with van der Waals surface area (Å²) < 4.78 is 51.0. The van der Waals surface area contributed by atoms with Gasteiger partial charge in [0.2, 0.25) is 6.41 Å². The highest BCUT2D eigenvalue weighted by atomic mass is 32.2.